The zero-order valence-electron chi connectivity index (χ0n) is 9.01. The smallest absolute Gasteiger partial charge is 0.233 e. The van der Waals surface area contributed by atoms with Crippen molar-refractivity contribution in [3.63, 3.8) is 0 Å². The summed E-state index contributed by atoms with van der Waals surface area (Å²) < 4.78 is 0. The van der Waals surface area contributed by atoms with Crippen LogP contribution in [-0.2, 0) is 9.59 Å². The summed E-state index contributed by atoms with van der Waals surface area (Å²) in [7, 11) is 0. The molecule has 0 N–H and O–H groups in total. The lowest BCUT2D eigenvalue weighted by Gasteiger charge is -2.20. The molecule has 1 heterocycles. The molecule has 80 valence electrons. The first-order chi connectivity index (χ1) is 7.11. The van der Waals surface area contributed by atoms with E-state index in [4.69, 9.17) is 0 Å². The predicted molar refractivity (Wildman–Crippen MR) is 54.7 cm³/mol. The topological polar surface area (TPSA) is 37.4 Å². The van der Waals surface area contributed by atoms with Crippen LogP contribution in [0.2, 0.25) is 0 Å². The molecule has 2 amide bonds. The van der Waals surface area contributed by atoms with Gasteiger partial charge in [-0.1, -0.05) is 12.2 Å². The van der Waals surface area contributed by atoms with Crippen LogP contribution < -0.4 is 0 Å². The number of carbonyl (C=O) groups excluding carboxylic acids is 2. The second-order valence-corrected chi connectivity index (χ2v) is 5.14. The van der Waals surface area contributed by atoms with E-state index in [1.54, 1.807) is 0 Å². The normalized spacial score (nSPS) is 42.2. The number of allylic oxidation sites excluding steroid dienone is 2. The van der Waals surface area contributed by atoms with E-state index in [9.17, 15) is 9.59 Å². The standard InChI is InChI=1S/C12H15NO2/c1-6(2)13-11(14)9-7-3-4-8(5-7)10(9)12(13)15/h3-4,6-10H,5H2,1-2H3/t7-,8?,9+,10-/m0/s1. The molecule has 2 aliphatic carbocycles. The minimum absolute atomic E-state index is 0.00926. The molecule has 0 radical (unpaired) electrons. The lowest BCUT2D eigenvalue weighted by molar-refractivity contribution is -0.142. The van der Waals surface area contributed by atoms with E-state index in [0.717, 1.165) is 6.42 Å². The van der Waals surface area contributed by atoms with Crippen LogP contribution in [0.3, 0.4) is 0 Å². The molecule has 1 aliphatic heterocycles. The van der Waals surface area contributed by atoms with E-state index in [2.05, 4.69) is 12.2 Å². The van der Waals surface area contributed by atoms with Gasteiger partial charge in [0.05, 0.1) is 11.8 Å². The summed E-state index contributed by atoms with van der Waals surface area (Å²) >= 11 is 0. The Balaban J connectivity index is 2.00. The zero-order chi connectivity index (χ0) is 10.7. The number of fused-ring (bicyclic) bond motifs is 5. The van der Waals surface area contributed by atoms with Crippen molar-refractivity contribution in [2.45, 2.75) is 26.3 Å². The molecule has 3 aliphatic rings. The molecular formula is C12H15NO2. The molecule has 2 fully saturated rings. The number of nitrogens with zero attached hydrogens (tertiary/aromatic N) is 1. The SMILES string of the molecule is CC(C)N1C(=O)[C@@H]2[C@H]3C=CC(C3)[C@@H]2C1=O. The van der Waals surface area contributed by atoms with Crippen molar-refractivity contribution in [2.75, 3.05) is 0 Å². The Hall–Kier alpha value is -1.12. The van der Waals surface area contributed by atoms with Crippen molar-refractivity contribution in [2.24, 2.45) is 23.7 Å². The number of imide groups is 1. The van der Waals surface area contributed by atoms with Gasteiger partial charge in [0.15, 0.2) is 0 Å². The average Bonchev–Trinajstić information content (AvgIpc) is 2.79. The van der Waals surface area contributed by atoms with E-state index < -0.39 is 0 Å². The van der Waals surface area contributed by atoms with Gasteiger partial charge in [-0.15, -0.1) is 0 Å². The van der Waals surface area contributed by atoms with Crippen molar-refractivity contribution < 1.29 is 9.59 Å². The molecule has 3 rings (SSSR count). The van der Waals surface area contributed by atoms with Crippen molar-refractivity contribution in [3.05, 3.63) is 12.2 Å². The number of amides is 2. The van der Waals surface area contributed by atoms with Crippen LogP contribution in [0.4, 0.5) is 0 Å². The monoisotopic (exact) mass is 205 g/mol. The third-order valence-corrected chi connectivity index (χ3v) is 4.02. The number of hydrogen-bond donors (Lipinski definition) is 0. The zero-order valence-corrected chi connectivity index (χ0v) is 9.01. The highest BCUT2D eigenvalue weighted by atomic mass is 16.2. The summed E-state index contributed by atoms with van der Waals surface area (Å²) in [6.45, 7) is 3.82. The highest BCUT2D eigenvalue weighted by Gasteiger charge is 2.59. The van der Waals surface area contributed by atoms with Gasteiger partial charge in [-0.25, -0.2) is 0 Å². The van der Waals surface area contributed by atoms with Gasteiger partial charge in [-0.2, -0.15) is 0 Å². The highest BCUT2D eigenvalue weighted by Crippen LogP contribution is 2.52. The Bertz CT molecular complexity index is 342. The maximum atomic E-state index is 12.1. The van der Waals surface area contributed by atoms with Crippen LogP contribution in [0.1, 0.15) is 20.3 Å². The predicted octanol–water partition coefficient (Wildman–Crippen LogP) is 1.20. The third-order valence-electron chi connectivity index (χ3n) is 4.02. The fourth-order valence-electron chi connectivity index (χ4n) is 3.43. The van der Waals surface area contributed by atoms with Gasteiger partial charge in [0.25, 0.3) is 0 Å². The summed E-state index contributed by atoms with van der Waals surface area (Å²) in [6, 6.07) is 0.00926. The maximum Gasteiger partial charge on any atom is 0.233 e. The van der Waals surface area contributed by atoms with Crippen molar-refractivity contribution in [1.29, 1.82) is 0 Å². The summed E-state index contributed by atoms with van der Waals surface area (Å²) in [5, 5.41) is 0. The lowest BCUT2D eigenvalue weighted by atomic mass is 9.85. The van der Waals surface area contributed by atoms with E-state index in [1.807, 2.05) is 13.8 Å². The molecule has 3 nitrogen and oxygen atoms in total. The molecular weight excluding hydrogens is 190 g/mol. The Morgan fingerprint density at radius 2 is 1.60 bits per heavy atom. The van der Waals surface area contributed by atoms with E-state index in [1.165, 1.54) is 4.90 Å². The number of carbonyl (C=O) groups is 2. The number of rotatable bonds is 1. The van der Waals surface area contributed by atoms with Gasteiger partial charge < -0.3 is 0 Å². The summed E-state index contributed by atoms with van der Waals surface area (Å²) in [6.07, 6.45) is 5.26. The second kappa shape index (κ2) is 2.71. The first-order valence-electron chi connectivity index (χ1n) is 5.66. The van der Waals surface area contributed by atoms with E-state index in [0.29, 0.717) is 11.8 Å². The Morgan fingerprint density at radius 3 is 2.00 bits per heavy atom. The molecule has 1 saturated carbocycles. The molecule has 0 aromatic heterocycles. The molecule has 1 saturated heterocycles. The van der Waals surface area contributed by atoms with Crippen LogP contribution in [0.15, 0.2) is 12.2 Å². The first kappa shape index (κ1) is 9.13. The molecule has 3 heteroatoms. The van der Waals surface area contributed by atoms with Gasteiger partial charge >= 0.3 is 0 Å². The van der Waals surface area contributed by atoms with Crippen LogP contribution in [0, 0.1) is 23.7 Å². The maximum absolute atomic E-state index is 12.1. The fraction of sp³-hybridized carbons (Fsp3) is 0.667. The van der Waals surface area contributed by atoms with Gasteiger partial charge in [0.2, 0.25) is 11.8 Å². The fourth-order valence-corrected chi connectivity index (χ4v) is 3.43. The number of hydrogen-bond acceptors (Lipinski definition) is 2. The Morgan fingerprint density at radius 1 is 1.13 bits per heavy atom. The van der Waals surface area contributed by atoms with Crippen LogP contribution in [0.5, 0.6) is 0 Å². The molecule has 1 unspecified atom stereocenters. The lowest BCUT2D eigenvalue weighted by Crippen LogP contribution is -2.38. The van der Waals surface area contributed by atoms with Gasteiger partial charge in [0, 0.05) is 6.04 Å². The minimum atomic E-state index is -0.0325. The van der Waals surface area contributed by atoms with E-state index >= 15 is 0 Å². The molecule has 2 bridgehead atoms. The van der Waals surface area contributed by atoms with Crippen molar-refractivity contribution in [1.82, 2.24) is 4.90 Å². The Kier molecular flexibility index (Phi) is 1.65. The van der Waals surface area contributed by atoms with Crippen molar-refractivity contribution in [3.8, 4) is 0 Å². The molecule has 4 atom stereocenters. The van der Waals surface area contributed by atoms with Crippen LogP contribution >= 0.6 is 0 Å². The summed E-state index contributed by atoms with van der Waals surface area (Å²) in [4.78, 5) is 25.7. The molecule has 0 spiro atoms. The largest absolute Gasteiger partial charge is 0.280 e. The summed E-state index contributed by atoms with van der Waals surface area (Å²) in [5.74, 6) is 0.735. The third kappa shape index (κ3) is 0.959. The van der Waals surface area contributed by atoms with Gasteiger partial charge in [-0.3, -0.25) is 14.5 Å². The quantitative estimate of drug-likeness (QED) is 0.476. The van der Waals surface area contributed by atoms with E-state index in [-0.39, 0.29) is 29.7 Å². The molecule has 0 aromatic rings. The molecule has 15 heavy (non-hydrogen) atoms. The molecule has 0 aromatic carbocycles. The minimum Gasteiger partial charge on any atom is -0.280 e. The second-order valence-electron chi connectivity index (χ2n) is 5.14. The van der Waals surface area contributed by atoms with Crippen LogP contribution in [-0.4, -0.2) is 22.8 Å². The van der Waals surface area contributed by atoms with Gasteiger partial charge in [-0.05, 0) is 32.1 Å². The first-order valence-corrected chi connectivity index (χ1v) is 5.66. The van der Waals surface area contributed by atoms with Crippen LogP contribution in [0.25, 0.3) is 0 Å². The Labute approximate surface area is 89.1 Å². The summed E-state index contributed by atoms with van der Waals surface area (Å²) in [5.41, 5.74) is 0. The number of likely N-dealkylation sites (tertiary alicyclic amines) is 1. The highest BCUT2D eigenvalue weighted by molar-refractivity contribution is 6.06. The van der Waals surface area contributed by atoms with Crippen molar-refractivity contribution >= 4 is 11.8 Å². The van der Waals surface area contributed by atoms with Gasteiger partial charge in [0.1, 0.15) is 0 Å². The average molecular weight is 205 g/mol.